The summed E-state index contributed by atoms with van der Waals surface area (Å²) in [6.07, 6.45) is 1.76. The number of hydrogen-bond acceptors (Lipinski definition) is 1. The Kier molecular flexibility index (Phi) is 5.82. The number of halogens is 3. The third kappa shape index (κ3) is 3.55. The molecular weight excluding hydrogens is 291 g/mol. The summed E-state index contributed by atoms with van der Waals surface area (Å²) in [5.74, 6) is 1.63. The van der Waals surface area contributed by atoms with Crippen molar-refractivity contribution in [3.8, 4) is 0 Å². The number of alkyl halides is 2. The van der Waals surface area contributed by atoms with E-state index in [1.807, 2.05) is 18.7 Å². The second-order valence-corrected chi connectivity index (χ2v) is 6.42. The van der Waals surface area contributed by atoms with E-state index in [-0.39, 0.29) is 5.41 Å². The van der Waals surface area contributed by atoms with Crippen molar-refractivity contribution in [1.82, 2.24) is 9.78 Å². The molecule has 104 valence electrons. The number of hydrogen-bond donors (Lipinski definition) is 0. The number of rotatable bonds is 6. The Bertz CT molecular complexity index is 395. The van der Waals surface area contributed by atoms with Gasteiger partial charge in [-0.05, 0) is 25.7 Å². The van der Waals surface area contributed by atoms with E-state index in [4.69, 9.17) is 34.8 Å². The fourth-order valence-electron chi connectivity index (χ4n) is 2.40. The molecule has 5 heteroatoms. The van der Waals surface area contributed by atoms with Gasteiger partial charge in [-0.15, -0.1) is 23.2 Å². The van der Waals surface area contributed by atoms with E-state index >= 15 is 0 Å². The van der Waals surface area contributed by atoms with Crippen LogP contribution in [0.5, 0.6) is 0 Å². The second kappa shape index (κ2) is 6.49. The Morgan fingerprint density at radius 3 is 2.17 bits per heavy atom. The zero-order chi connectivity index (χ0) is 13.9. The number of aromatic nitrogens is 2. The highest BCUT2D eigenvalue weighted by molar-refractivity contribution is 6.31. The first-order valence-corrected chi connectivity index (χ1v) is 7.60. The minimum Gasteiger partial charge on any atom is -0.271 e. The SMILES string of the molecule is Cc1nn(C)c(CC(CCl)(CCl)CC(C)C)c1Cl. The molecule has 0 saturated heterocycles. The highest BCUT2D eigenvalue weighted by atomic mass is 35.5. The van der Waals surface area contributed by atoms with Gasteiger partial charge in [0.15, 0.2) is 0 Å². The predicted octanol–water partition coefficient (Wildman–Crippen LogP) is 4.43. The molecule has 18 heavy (non-hydrogen) atoms. The van der Waals surface area contributed by atoms with Crippen LogP contribution in [-0.2, 0) is 13.5 Å². The summed E-state index contributed by atoms with van der Waals surface area (Å²) in [6, 6.07) is 0. The molecule has 0 aliphatic heterocycles. The second-order valence-electron chi connectivity index (χ2n) is 5.51. The summed E-state index contributed by atoms with van der Waals surface area (Å²) in [5.41, 5.74) is 1.77. The zero-order valence-electron chi connectivity index (χ0n) is 11.4. The van der Waals surface area contributed by atoms with Crippen LogP contribution in [0.25, 0.3) is 0 Å². The normalized spacial score (nSPS) is 12.4. The molecule has 0 spiro atoms. The van der Waals surface area contributed by atoms with Gasteiger partial charge in [0.25, 0.3) is 0 Å². The summed E-state index contributed by atoms with van der Waals surface area (Å²) >= 11 is 18.6. The topological polar surface area (TPSA) is 17.8 Å². The Hall–Kier alpha value is 0.0800. The van der Waals surface area contributed by atoms with Crippen LogP contribution in [0.3, 0.4) is 0 Å². The lowest BCUT2D eigenvalue weighted by Gasteiger charge is -2.31. The molecule has 0 aliphatic carbocycles. The van der Waals surface area contributed by atoms with Gasteiger partial charge in [0.2, 0.25) is 0 Å². The summed E-state index contributed by atoms with van der Waals surface area (Å²) in [4.78, 5) is 0. The predicted molar refractivity (Wildman–Crippen MR) is 80.0 cm³/mol. The lowest BCUT2D eigenvalue weighted by Crippen LogP contribution is -2.31. The Morgan fingerprint density at radius 2 is 1.83 bits per heavy atom. The van der Waals surface area contributed by atoms with E-state index in [0.717, 1.165) is 29.3 Å². The fourth-order valence-corrected chi connectivity index (χ4v) is 3.32. The molecule has 1 heterocycles. The minimum absolute atomic E-state index is 0.110. The van der Waals surface area contributed by atoms with Gasteiger partial charge in [0.05, 0.1) is 16.4 Å². The standard InChI is InChI=1S/C13H21Cl3N2/c1-9(2)5-13(7-14,8-15)6-11-12(16)10(3)17-18(11)4/h9H,5-8H2,1-4H3. The van der Waals surface area contributed by atoms with Gasteiger partial charge in [-0.2, -0.15) is 5.10 Å². The lowest BCUT2D eigenvalue weighted by atomic mass is 9.79. The van der Waals surface area contributed by atoms with Crippen molar-refractivity contribution < 1.29 is 0 Å². The molecule has 0 atom stereocenters. The molecule has 0 amide bonds. The van der Waals surface area contributed by atoms with Crippen LogP contribution in [-0.4, -0.2) is 21.5 Å². The molecule has 0 radical (unpaired) electrons. The molecule has 0 saturated carbocycles. The number of aryl methyl sites for hydroxylation is 2. The maximum absolute atomic E-state index is 6.30. The molecule has 0 aliphatic rings. The lowest BCUT2D eigenvalue weighted by molar-refractivity contribution is 0.289. The van der Waals surface area contributed by atoms with Crippen molar-refractivity contribution in [2.75, 3.05) is 11.8 Å². The molecule has 1 aromatic rings. The zero-order valence-corrected chi connectivity index (χ0v) is 13.7. The first kappa shape index (κ1) is 16.1. The molecule has 1 rings (SSSR count). The van der Waals surface area contributed by atoms with Crippen molar-refractivity contribution in [3.05, 3.63) is 16.4 Å². The van der Waals surface area contributed by atoms with Gasteiger partial charge in [-0.3, -0.25) is 4.68 Å². The van der Waals surface area contributed by atoms with Crippen LogP contribution in [0, 0.1) is 18.3 Å². The van der Waals surface area contributed by atoms with Crippen LogP contribution in [0.4, 0.5) is 0 Å². The van der Waals surface area contributed by atoms with Crippen molar-refractivity contribution in [3.63, 3.8) is 0 Å². The number of nitrogens with zero attached hydrogens (tertiary/aromatic N) is 2. The van der Waals surface area contributed by atoms with E-state index in [9.17, 15) is 0 Å². The Labute approximate surface area is 125 Å². The van der Waals surface area contributed by atoms with Crippen molar-refractivity contribution in [2.45, 2.75) is 33.6 Å². The average molecular weight is 312 g/mol. The van der Waals surface area contributed by atoms with E-state index < -0.39 is 0 Å². The van der Waals surface area contributed by atoms with Gasteiger partial charge in [-0.25, -0.2) is 0 Å². The maximum atomic E-state index is 6.30. The van der Waals surface area contributed by atoms with Crippen molar-refractivity contribution in [2.24, 2.45) is 18.4 Å². The van der Waals surface area contributed by atoms with E-state index in [2.05, 4.69) is 18.9 Å². The van der Waals surface area contributed by atoms with Crippen molar-refractivity contribution >= 4 is 34.8 Å². The molecule has 0 bridgehead atoms. The van der Waals surface area contributed by atoms with Gasteiger partial charge in [0, 0.05) is 24.2 Å². The van der Waals surface area contributed by atoms with Gasteiger partial charge in [0.1, 0.15) is 0 Å². The molecule has 2 nitrogen and oxygen atoms in total. The van der Waals surface area contributed by atoms with Gasteiger partial charge < -0.3 is 0 Å². The smallest absolute Gasteiger partial charge is 0.0847 e. The largest absolute Gasteiger partial charge is 0.271 e. The monoisotopic (exact) mass is 310 g/mol. The molecule has 0 aromatic carbocycles. The Morgan fingerprint density at radius 1 is 1.28 bits per heavy atom. The summed E-state index contributed by atoms with van der Waals surface area (Å²) in [6.45, 7) is 6.28. The van der Waals surface area contributed by atoms with Crippen LogP contribution in [0.15, 0.2) is 0 Å². The summed E-state index contributed by atoms with van der Waals surface area (Å²) in [7, 11) is 1.91. The van der Waals surface area contributed by atoms with E-state index in [1.54, 1.807) is 0 Å². The highest BCUT2D eigenvalue weighted by Gasteiger charge is 2.32. The van der Waals surface area contributed by atoms with E-state index in [0.29, 0.717) is 17.7 Å². The molecule has 0 N–H and O–H groups in total. The van der Waals surface area contributed by atoms with Crippen LogP contribution >= 0.6 is 34.8 Å². The first-order chi connectivity index (χ1) is 8.35. The average Bonchev–Trinajstić information content (AvgIpc) is 2.54. The molecule has 0 fully saturated rings. The molecular formula is C13H21Cl3N2. The summed E-state index contributed by atoms with van der Waals surface area (Å²) in [5, 5.41) is 5.08. The quantitative estimate of drug-likeness (QED) is 0.710. The molecule has 0 unspecified atom stereocenters. The Balaban J connectivity index is 3.03. The fraction of sp³-hybridized carbons (Fsp3) is 0.769. The van der Waals surface area contributed by atoms with Crippen LogP contribution in [0.2, 0.25) is 5.02 Å². The van der Waals surface area contributed by atoms with Gasteiger partial charge >= 0.3 is 0 Å². The third-order valence-corrected chi connectivity index (χ3v) is 4.84. The van der Waals surface area contributed by atoms with Crippen LogP contribution < -0.4 is 0 Å². The summed E-state index contributed by atoms with van der Waals surface area (Å²) < 4.78 is 1.84. The van der Waals surface area contributed by atoms with E-state index in [1.165, 1.54) is 0 Å². The highest BCUT2D eigenvalue weighted by Crippen LogP contribution is 2.36. The van der Waals surface area contributed by atoms with Crippen molar-refractivity contribution in [1.29, 1.82) is 0 Å². The third-order valence-electron chi connectivity index (χ3n) is 3.21. The minimum atomic E-state index is -0.110. The maximum Gasteiger partial charge on any atom is 0.0847 e. The van der Waals surface area contributed by atoms with Gasteiger partial charge in [-0.1, -0.05) is 25.4 Å². The first-order valence-electron chi connectivity index (χ1n) is 6.15. The van der Waals surface area contributed by atoms with Crippen LogP contribution in [0.1, 0.15) is 31.7 Å². The molecule has 1 aromatic heterocycles.